The zero-order chi connectivity index (χ0) is 21.1. The summed E-state index contributed by atoms with van der Waals surface area (Å²) >= 11 is 0. The van der Waals surface area contributed by atoms with Gasteiger partial charge < -0.3 is 9.72 Å². The van der Waals surface area contributed by atoms with Crippen LogP contribution in [0.25, 0.3) is 10.9 Å². The molecule has 0 amide bonds. The number of hydrogen-bond acceptors (Lipinski definition) is 4. The van der Waals surface area contributed by atoms with E-state index in [9.17, 15) is 14.4 Å². The van der Waals surface area contributed by atoms with E-state index in [1.54, 1.807) is 48.7 Å². The first-order valence-electron chi connectivity index (χ1n) is 9.56. The largest absolute Gasteiger partial charge is 0.451 e. The maximum Gasteiger partial charge on any atom is 0.339 e. The van der Waals surface area contributed by atoms with Crippen molar-refractivity contribution in [2.45, 2.75) is 13.0 Å². The molecular weight excluding hydrogens is 378 g/mol. The van der Waals surface area contributed by atoms with Gasteiger partial charge in [-0.2, -0.15) is 0 Å². The lowest BCUT2D eigenvalue weighted by Gasteiger charge is -2.14. The Labute approximate surface area is 173 Å². The van der Waals surface area contributed by atoms with Gasteiger partial charge in [-0.25, -0.2) is 4.79 Å². The van der Waals surface area contributed by atoms with Crippen molar-refractivity contribution in [3.05, 3.63) is 107 Å². The van der Waals surface area contributed by atoms with E-state index in [4.69, 9.17) is 4.74 Å². The summed E-state index contributed by atoms with van der Waals surface area (Å²) < 4.78 is 5.44. The van der Waals surface area contributed by atoms with E-state index in [1.807, 2.05) is 30.3 Å². The van der Waals surface area contributed by atoms with Crippen molar-refractivity contribution in [1.82, 2.24) is 4.98 Å². The predicted octanol–water partition coefficient (Wildman–Crippen LogP) is 4.83. The summed E-state index contributed by atoms with van der Waals surface area (Å²) in [5.41, 5.74) is 2.13. The number of rotatable bonds is 6. The molecule has 4 aromatic rings. The van der Waals surface area contributed by atoms with Crippen LogP contribution in [0, 0.1) is 0 Å². The molecule has 5 nitrogen and oxygen atoms in total. The third-order valence-corrected chi connectivity index (χ3v) is 4.94. The van der Waals surface area contributed by atoms with Gasteiger partial charge in [0.05, 0.1) is 5.56 Å². The van der Waals surface area contributed by atoms with Crippen LogP contribution in [0.4, 0.5) is 0 Å². The van der Waals surface area contributed by atoms with Crippen molar-refractivity contribution in [2.75, 3.05) is 0 Å². The third kappa shape index (κ3) is 3.65. The number of hydrogen-bond donors (Lipinski definition) is 1. The van der Waals surface area contributed by atoms with Crippen LogP contribution in [-0.2, 0) is 4.74 Å². The highest BCUT2D eigenvalue weighted by molar-refractivity contribution is 6.15. The van der Waals surface area contributed by atoms with Gasteiger partial charge in [0.25, 0.3) is 0 Å². The van der Waals surface area contributed by atoms with E-state index in [1.165, 1.54) is 13.0 Å². The van der Waals surface area contributed by atoms with E-state index in [0.29, 0.717) is 11.1 Å². The van der Waals surface area contributed by atoms with E-state index in [2.05, 4.69) is 4.98 Å². The van der Waals surface area contributed by atoms with Gasteiger partial charge in [-0.3, -0.25) is 9.59 Å². The Morgan fingerprint density at radius 3 is 2.17 bits per heavy atom. The first-order valence-corrected chi connectivity index (χ1v) is 9.56. The second kappa shape index (κ2) is 8.17. The fraction of sp³-hybridized carbons (Fsp3) is 0.0800. The Morgan fingerprint density at radius 2 is 1.40 bits per heavy atom. The Hall–Kier alpha value is -3.99. The topological polar surface area (TPSA) is 76.2 Å². The molecule has 0 saturated carbocycles. The number of H-pyrrole nitrogens is 1. The smallest absolute Gasteiger partial charge is 0.339 e. The molecule has 1 heterocycles. The Balaban J connectivity index is 1.57. The summed E-state index contributed by atoms with van der Waals surface area (Å²) in [6.07, 6.45) is 0.612. The number of esters is 1. The summed E-state index contributed by atoms with van der Waals surface area (Å²) in [4.78, 5) is 41.6. The molecule has 148 valence electrons. The van der Waals surface area contributed by atoms with Gasteiger partial charge in [0.1, 0.15) is 0 Å². The molecule has 0 bridgehead atoms. The Morgan fingerprint density at radius 1 is 0.767 bits per heavy atom. The van der Waals surface area contributed by atoms with Crippen LogP contribution in [0.1, 0.15) is 43.6 Å². The fourth-order valence-corrected chi connectivity index (χ4v) is 3.38. The van der Waals surface area contributed by atoms with E-state index in [-0.39, 0.29) is 22.7 Å². The molecule has 5 heteroatoms. The maximum absolute atomic E-state index is 12.9. The number of aromatic nitrogens is 1. The summed E-state index contributed by atoms with van der Waals surface area (Å²) in [5.74, 6) is -1.30. The Kier molecular flexibility index (Phi) is 5.26. The highest BCUT2D eigenvalue weighted by atomic mass is 16.5. The minimum Gasteiger partial charge on any atom is -0.451 e. The number of carbonyl (C=O) groups is 3. The van der Waals surface area contributed by atoms with Gasteiger partial charge in [0.2, 0.25) is 5.78 Å². The molecule has 0 aliphatic heterocycles. The van der Waals surface area contributed by atoms with Crippen LogP contribution >= 0.6 is 0 Å². The number of aromatic amines is 1. The lowest BCUT2D eigenvalue weighted by molar-refractivity contribution is 0.0318. The zero-order valence-electron chi connectivity index (χ0n) is 16.3. The number of carbonyl (C=O) groups excluding carboxylic acids is 3. The third-order valence-electron chi connectivity index (χ3n) is 4.94. The molecule has 1 N–H and O–H groups in total. The van der Waals surface area contributed by atoms with Crippen LogP contribution in [-0.4, -0.2) is 28.6 Å². The van der Waals surface area contributed by atoms with Crippen LogP contribution in [0.15, 0.2) is 85.1 Å². The van der Waals surface area contributed by atoms with Gasteiger partial charge >= 0.3 is 5.97 Å². The van der Waals surface area contributed by atoms with Gasteiger partial charge in [-0.1, -0.05) is 66.7 Å². The molecule has 0 aliphatic rings. The molecule has 0 radical (unpaired) electrons. The lowest BCUT2D eigenvalue weighted by atomic mass is 9.98. The molecule has 0 unspecified atom stereocenters. The molecule has 1 atom stereocenters. The molecule has 0 aliphatic carbocycles. The number of nitrogens with one attached hydrogen (secondary N) is 1. The van der Waals surface area contributed by atoms with Gasteiger partial charge in [0, 0.05) is 33.8 Å². The number of para-hydroxylation sites is 1. The monoisotopic (exact) mass is 397 g/mol. The second-order valence-corrected chi connectivity index (χ2v) is 6.90. The van der Waals surface area contributed by atoms with E-state index < -0.39 is 12.1 Å². The van der Waals surface area contributed by atoms with Crippen LogP contribution < -0.4 is 0 Å². The standard InChI is InChI=1S/C25H19NO4/c1-16(23(27)21-15-26-22-14-8-7-11-18(21)22)30-25(29)20-13-6-5-12-19(20)24(28)17-9-3-2-4-10-17/h2-16,26H,1H3/t16-/m1/s1. The normalized spacial score (nSPS) is 11.8. The van der Waals surface area contributed by atoms with Crippen LogP contribution in [0.5, 0.6) is 0 Å². The molecule has 4 rings (SSSR count). The van der Waals surface area contributed by atoms with Crippen molar-refractivity contribution in [3.8, 4) is 0 Å². The predicted molar refractivity (Wildman–Crippen MR) is 114 cm³/mol. The number of ketones is 2. The van der Waals surface area contributed by atoms with Crippen molar-refractivity contribution in [2.24, 2.45) is 0 Å². The molecule has 0 saturated heterocycles. The molecule has 3 aromatic carbocycles. The van der Waals surface area contributed by atoms with Gasteiger partial charge in [-0.05, 0) is 19.1 Å². The molecular formula is C25H19NO4. The van der Waals surface area contributed by atoms with E-state index in [0.717, 1.165) is 10.9 Å². The number of Topliss-reactive ketones (excluding diaryl/α,β-unsaturated/α-hetero) is 1. The second-order valence-electron chi connectivity index (χ2n) is 6.90. The first kappa shape index (κ1) is 19.3. The minimum atomic E-state index is -1.00. The average Bonchev–Trinajstić information content (AvgIpc) is 3.22. The summed E-state index contributed by atoms with van der Waals surface area (Å²) in [5, 5.41) is 0.769. The number of benzene rings is 3. The van der Waals surface area contributed by atoms with Crippen LogP contribution in [0.3, 0.4) is 0 Å². The van der Waals surface area contributed by atoms with Gasteiger partial charge in [-0.15, -0.1) is 0 Å². The highest BCUT2D eigenvalue weighted by Crippen LogP contribution is 2.21. The quantitative estimate of drug-likeness (QED) is 0.374. The maximum atomic E-state index is 12.9. The molecule has 0 fully saturated rings. The fourth-order valence-electron chi connectivity index (χ4n) is 3.38. The summed E-state index contributed by atoms with van der Waals surface area (Å²) in [6, 6.07) is 22.6. The molecule has 0 spiro atoms. The Bertz CT molecular complexity index is 1240. The SMILES string of the molecule is C[C@@H](OC(=O)c1ccccc1C(=O)c1ccccc1)C(=O)c1c[nH]c2ccccc12. The van der Waals surface area contributed by atoms with E-state index >= 15 is 0 Å². The number of ether oxygens (including phenoxy) is 1. The highest BCUT2D eigenvalue weighted by Gasteiger charge is 2.25. The molecule has 30 heavy (non-hydrogen) atoms. The van der Waals surface area contributed by atoms with Crippen LogP contribution in [0.2, 0.25) is 0 Å². The minimum absolute atomic E-state index is 0.130. The van der Waals surface area contributed by atoms with Crippen molar-refractivity contribution in [3.63, 3.8) is 0 Å². The average molecular weight is 397 g/mol. The van der Waals surface area contributed by atoms with Gasteiger partial charge in [0.15, 0.2) is 11.9 Å². The summed E-state index contributed by atoms with van der Waals surface area (Å²) in [7, 11) is 0. The number of fused-ring (bicyclic) bond motifs is 1. The van der Waals surface area contributed by atoms with Crippen molar-refractivity contribution >= 4 is 28.4 Å². The first-order chi connectivity index (χ1) is 14.6. The summed E-state index contributed by atoms with van der Waals surface area (Å²) in [6.45, 7) is 1.53. The molecule has 1 aromatic heterocycles. The van der Waals surface area contributed by atoms with Crippen molar-refractivity contribution < 1.29 is 19.1 Å². The zero-order valence-corrected chi connectivity index (χ0v) is 16.3. The lowest BCUT2D eigenvalue weighted by Crippen LogP contribution is -2.25. The van der Waals surface area contributed by atoms with Crippen molar-refractivity contribution in [1.29, 1.82) is 0 Å².